The van der Waals surface area contributed by atoms with Crippen LogP contribution in [0.5, 0.6) is 0 Å². The van der Waals surface area contributed by atoms with Crippen molar-refractivity contribution in [1.29, 1.82) is 0 Å². The van der Waals surface area contributed by atoms with Crippen LogP contribution in [0.15, 0.2) is 16.5 Å². The van der Waals surface area contributed by atoms with Gasteiger partial charge in [0.2, 0.25) is 5.78 Å². The van der Waals surface area contributed by atoms with E-state index >= 15 is 0 Å². The molecule has 2 nitrogen and oxygen atoms in total. The summed E-state index contributed by atoms with van der Waals surface area (Å²) in [6.45, 7) is 3.78. The van der Waals surface area contributed by atoms with Crippen LogP contribution < -0.4 is 0 Å². The fourth-order valence-corrected chi connectivity index (χ4v) is 1.36. The molecule has 0 atom stereocenters. The van der Waals surface area contributed by atoms with Gasteiger partial charge in [-0.15, -0.1) is 0 Å². The normalized spacial score (nSPS) is 16.5. The lowest BCUT2D eigenvalue weighted by Gasteiger charge is -1.98. The first-order valence-corrected chi connectivity index (χ1v) is 4.82. The monoisotopic (exact) mass is 178 g/mol. The number of carbonyl (C=O) groups is 1. The summed E-state index contributed by atoms with van der Waals surface area (Å²) in [6.07, 6.45) is 2.42. The van der Waals surface area contributed by atoms with Gasteiger partial charge in [-0.25, -0.2) is 0 Å². The number of Topliss-reactive ketones (excluding diaryl/α,β-unsaturated/α-hetero) is 1. The zero-order valence-electron chi connectivity index (χ0n) is 8.04. The van der Waals surface area contributed by atoms with Gasteiger partial charge in [-0.3, -0.25) is 4.79 Å². The van der Waals surface area contributed by atoms with E-state index in [0.29, 0.717) is 11.7 Å². The molecular formula is C11H14O2. The van der Waals surface area contributed by atoms with Crippen molar-refractivity contribution in [1.82, 2.24) is 0 Å². The third-order valence-corrected chi connectivity index (χ3v) is 2.37. The van der Waals surface area contributed by atoms with Gasteiger partial charge < -0.3 is 4.42 Å². The molecule has 1 heterocycles. The fraction of sp³-hybridized carbons (Fsp3) is 0.545. The average Bonchev–Trinajstić information content (AvgIpc) is 2.83. The molecule has 0 saturated heterocycles. The minimum atomic E-state index is 0.0261. The van der Waals surface area contributed by atoms with Gasteiger partial charge >= 0.3 is 0 Å². The zero-order chi connectivity index (χ0) is 9.42. The summed E-state index contributed by atoms with van der Waals surface area (Å²) >= 11 is 0. The van der Waals surface area contributed by atoms with Crippen molar-refractivity contribution in [3.8, 4) is 0 Å². The van der Waals surface area contributed by atoms with Gasteiger partial charge in [-0.05, 0) is 25.0 Å². The molecule has 70 valence electrons. The Balaban J connectivity index is 2.16. The highest BCUT2D eigenvalue weighted by molar-refractivity contribution is 5.94. The van der Waals surface area contributed by atoms with E-state index < -0.39 is 0 Å². The predicted octanol–water partition coefficient (Wildman–Crippen LogP) is 3.00. The van der Waals surface area contributed by atoms with Crippen LogP contribution in [0.1, 0.15) is 48.9 Å². The van der Waals surface area contributed by atoms with E-state index in [9.17, 15) is 4.79 Å². The van der Waals surface area contributed by atoms with E-state index in [4.69, 9.17) is 4.42 Å². The molecule has 0 unspecified atom stereocenters. The first-order chi connectivity index (χ1) is 6.18. The largest absolute Gasteiger partial charge is 0.458 e. The number of ketones is 1. The lowest BCUT2D eigenvalue weighted by atomic mass is 10.1. The SMILES string of the molecule is CC(C)C(=O)c1ccc(C2CC2)o1. The molecule has 1 fully saturated rings. The second kappa shape index (κ2) is 3.02. The number of furan rings is 1. The second-order valence-corrected chi connectivity index (χ2v) is 4.00. The Morgan fingerprint density at radius 2 is 2.15 bits per heavy atom. The first-order valence-electron chi connectivity index (χ1n) is 4.82. The third kappa shape index (κ3) is 1.67. The van der Waals surface area contributed by atoms with Crippen molar-refractivity contribution >= 4 is 5.78 Å². The maximum atomic E-state index is 11.5. The van der Waals surface area contributed by atoms with Crippen LogP contribution in [0.2, 0.25) is 0 Å². The summed E-state index contributed by atoms with van der Waals surface area (Å²) in [4.78, 5) is 11.5. The maximum Gasteiger partial charge on any atom is 0.200 e. The molecule has 13 heavy (non-hydrogen) atoms. The van der Waals surface area contributed by atoms with Crippen LogP contribution >= 0.6 is 0 Å². The van der Waals surface area contributed by atoms with Crippen LogP contribution in [0.25, 0.3) is 0 Å². The summed E-state index contributed by atoms with van der Waals surface area (Å²) in [5.41, 5.74) is 0. The Morgan fingerprint density at radius 1 is 1.46 bits per heavy atom. The summed E-state index contributed by atoms with van der Waals surface area (Å²) in [6, 6.07) is 3.74. The van der Waals surface area contributed by atoms with Gasteiger partial charge in [0.1, 0.15) is 5.76 Å². The summed E-state index contributed by atoms with van der Waals surface area (Å²) in [7, 11) is 0. The van der Waals surface area contributed by atoms with Crippen molar-refractivity contribution in [3.05, 3.63) is 23.7 Å². The smallest absolute Gasteiger partial charge is 0.200 e. The molecule has 1 aliphatic carbocycles. The van der Waals surface area contributed by atoms with E-state index in [-0.39, 0.29) is 11.7 Å². The minimum Gasteiger partial charge on any atom is -0.458 e. The maximum absolute atomic E-state index is 11.5. The van der Waals surface area contributed by atoms with Crippen LogP contribution in [-0.2, 0) is 0 Å². The second-order valence-electron chi connectivity index (χ2n) is 4.00. The summed E-state index contributed by atoms with van der Waals surface area (Å²) in [5.74, 6) is 2.24. The topological polar surface area (TPSA) is 30.2 Å². The highest BCUT2D eigenvalue weighted by atomic mass is 16.3. The molecule has 0 spiro atoms. The van der Waals surface area contributed by atoms with Crippen molar-refractivity contribution < 1.29 is 9.21 Å². The molecule has 0 amide bonds. The van der Waals surface area contributed by atoms with Gasteiger partial charge in [-0.2, -0.15) is 0 Å². The summed E-state index contributed by atoms with van der Waals surface area (Å²) < 4.78 is 5.48. The average molecular weight is 178 g/mol. The standard InChI is InChI=1S/C11H14O2/c1-7(2)11(12)10-6-5-9(13-10)8-3-4-8/h5-8H,3-4H2,1-2H3. The van der Waals surface area contributed by atoms with Crippen LogP contribution in [0.4, 0.5) is 0 Å². The van der Waals surface area contributed by atoms with Crippen molar-refractivity contribution in [2.24, 2.45) is 5.92 Å². The van der Waals surface area contributed by atoms with E-state index in [1.54, 1.807) is 6.07 Å². The molecule has 0 radical (unpaired) electrons. The molecule has 0 aliphatic heterocycles. The highest BCUT2D eigenvalue weighted by Crippen LogP contribution is 2.40. The molecule has 1 aromatic heterocycles. The van der Waals surface area contributed by atoms with E-state index in [2.05, 4.69) is 0 Å². The number of hydrogen-bond donors (Lipinski definition) is 0. The van der Waals surface area contributed by atoms with Gasteiger partial charge in [0.15, 0.2) is 5.76 Å². The summed E-state index contributed by atoms with van der Waals surface area (Å²) in [5, 5.41) is 0. The van der Waals surface area contributed by atoms with Gasteiger partial charge in [-0.1, -0.05) is 13.8 Å². The number of carbonyl (C=O) groups excluding carboxylic acids is 1. The lowest BCUT2D eigenvalue weighted by molar-refractivity contribution is 0.0909. The minimum absolute atomic E-state index is 0.0261. The molecule has 1 saturated carbocycles. The first kappa shape index (κ1) is 8.54. The van der Waals surface area contributed by atoms with Crippen molar-refractivity contribution in [2.45, 2.75) is 32.6 Å². The Morgan fingerprint density at radius 3 is 2.69 bits per heavy atom. The van der Waals surface area contributed by atoms with E-state index in [1.807, 2.05) is 19.9 Å². The number of hydrogen-bond acceptors (Lipinski definition) is 2. The predicted molar refractivity (Wildman–Crippen MR) is 49.9 cm³/mol. The van der Waals surface area contributed by atoms with Crippen molar-refractivity contribution in [2.75, 3.05) is 0 Å². The molecule has 2 heteroatoms. The molecule has 0 N–H and O–H groups in total. The van der Waals surface area contributed by atoms with E-state index in [0.717, 1.165) is 5.76 Å². The van der Waals surface area contributed by atoms with Crippen LogP contribution in [-0.4, -0.2) is 5.78 Å². The Hall–Kier alpha value is -1.05. The van der Waals surface area contributed by atoms with Gasteiger partial charge in [0, 0.05) is 11.8 Å². The number of rotatable bonds is 3. The molecule has 1 aliphatic rings. The zero-order valence-corrected chi connectivity index (χ0v) is 8.04. The fourth-order valence-electron chi connectivity index (χ4n) is 1.36. The molecule has 1 aromatic rings. The quantitative estimate of drug-likeness (QED) is 0.666. The van der Waals surface area contributed by atoms with Crippen LogP contribution in [0.3, 0.4) is 0 Å². The Bertz CT molecular complexity index is 319. The Labute approximate surface area is 77.9 Å². The third-order valence-electron chi connectivity index (χ3n) is 2.37. The van der Waals surface area contributed by atoms with Gasteiger partial charge in [0.05, 0.1) is 0 Å². The molecular weight excluding hydrogens is 164 g/mol. The molecule has 0 bridgehead atoms. The highest BCUT2D eigenvalue weighted by Gasteiger charge is 2.27. The van der Waals surface area contributed by atoms with E-state index in [1.165, 1.54) is 12.8 Å². The van der Waals surface area contributed by atoms with Crippen molar-refractivity contribution in [3.63, 3.8) is 0 Å². The molecule has 0 aromatic carbocycles. The Kier molecular flexibility index (Phi) is 1.98. The van der Waals surface area contributed by atoms with Crippen LogP contribution in [0, 0.1) is 5.92 Å². The van der Waals surface area contributed by atoms with Gasteiger partial charge in [0.25, 0.3) is 0 Å². The molecule has 2 rings (SSSR count). The lowest BCUT2D eigenvalue weighted by Crippen LogP contribution is -2.05.